The Kier molecular flexibility index (Phi) is 8.16. The Balaban J connectivity index is 2.09. The van der Waals surface area contributed by atoms with Crippen molar-refractivity contribution in [3.05, 3.63) is 29.8 Å². The Bertz CT molecular complexity index is 774. The number of carbonyl (C=O) groups is 4. The number of carboxylic acid groups (broad SMARTS) is 1. The van der Waals surface area contributed by atoms with E-state index in [1.165, 1.54) is 0 Å². The van der Waals surface area contributed by atoms with Gasteiger partial charge in [0.25, 0.3) is 0 Å². The average molecular weight is 420 g/mol. The molecule has 1 atom stereocenters. The molecule has 4 amide bonds. The normalized spacial score (nSPS) is 15.8. The Hall–Kier alpha value is -3.14. The zero-order valence-corrected chi connectivity index (χ0v) is 16.6. The van der Waals surface area contributed by atoms with Crippen molar-refractivity contribution in [3.63, 3.8) is 0 Å². The molecule has 1 aromatic rings. The molecule has 1 aliphatic carbocycles. The fourth-order valence-corrected chi connectivity index (χ4v) is 3.52. The molecule has 1 saturated carbocycles. The van der Waals surface area contributed by atoms with E-state index in [1.54, 1.807) is 24.3 Å². The highest BCUT2D eigenvalue weighted by Gasteiger charge is 2.49. The number of aliphatic hydroxyl groups is 1. The fourth-order valence-electron chi connectivity index (χ4n) is 3.52. The number of carboxylic acids is 1. The number of primary amides is 1. The number of carbonyl (C=O) groups excluding carboxylic acids is 3. The summed E-state index contributed by atoms with van der Waals surface area (Å²) in [6.07, 6.45) is 2.27. The van der Waals surface area contributed by atoms with Crippen LogP contribution in [0.2, 0.25) is 0 Å². The minimum Gasteiger partial charge on any atom is -0.480 e. The Morgan fingerprint density at radius 2 is 1.73 bits per heavy atom. The van der Waals surface area contributed by atoms with Crippen LogP contribution in [-0.2, 0) is 21.0 Å². The lowest BCUT2D eigenvalue weighted by Gasteiger charge is -2.26. The van der Waals surface area contributed by atoms with Crippen LogP contribution < -0.4 is 21.7 Å². The third-order valence-electron chi connectivity index (χ3n) is 5.30. The summed E-state index contributed by atoms with van der Waals surface area (Å²) < 4.78 is 0. The zero-order chi connectivity index (χ0) is 22.1. The van der Waals surface area contributed by atoms with Crippen LogP contribution in [-0.4, -0.2) is 46.6 Å². The predicted octanol–water partition coefficient (Wildman–Crippen LogP) is 0.696. The van der Waals surface area contributed by atoms with Gasteiger partial charge in [-0.15, -0.1) is 0 Å². The summed E-state index contributed by atoms with van der Waals surface area (Å²) in [6.45, 7) is 0.0846. The van der Waals surface area contributed by atoms with Gasteiger partial charge in [-0.2, -0.15) is 0 Å². The summed E-state index contributed by atoms with van der Waals surface area (Å²) in [5, 5.41) is 26.4. The lowest BCUT2D eigenvalue weighted by atomic mass is 9.85. The molecule has 0 heterocycles. The maximum atomic E-state index is 12.8. The highest BCUT2D eigenvalue weighted by atomic mass is 16.4. The predicted molar refractivity (Wildman–Crippen MR) is 108 cm³/mol. The first-order valence-corrected chi connectivity index (χ1v) is 9.87. The monoisotopic (exact) mass is 420 g/mol. The molecular formula is C20H28N4O6. The van der Waals surface area contributed by atoms with Gasteiger partial charge in [0.05, 0.1) is 6.61 Å². The van der Waals surface area contributed by atoms with Crippen LogP contribution in [0.3, 0.4) is 0 Å². The quantitative estimate of drug-likeness (QED) is 0.240. The van der Waals surface area contributed by atoms with Crippen molar-refractivity contribution < 1.29 is 29.4 Å². The molecule has 30 heavy (non-hydrogen) atoms. The van der Waals surface area contributed by atoms with Crippen LogP contribution in [0.1, 0.15) is 44.1 Å². The lowest BCUT2D eigenvalue weighted by molar-refractivity contribution is -0.156. The van der Waals surface area contributed by atoms with Crippen LogP contribution >= 0.6 is 0 Å². The molecule has 0 spiro atoms. The third kappa shape index (κ3) is 5.93. The molecule has 10 nitrogen and oxygen atoms in total. The summed E-state index contributed by atoms with van der Waals surface area (Å²) >= 11 is 0. The summed E-state index contributed by atoms with van der Waals surface area (Å²) in [5.74, 6) is -2.37. The third-order valence-corrected chi connectivity index (χ3v) is 5.30. The van der Waals surface area contributed by atoms with Crippen molar-refractivity contribution in [1.29, 1.82) is 0 Å². The Morgan fingerprint density at radius 3 is 2.27 bits per heavy atom. The highest BCUT2D eigenvalue weighted by Crippen LogP contribution is 2.38. The second-order valence-corrected chi connectivity index (χ2v) is 7.40. The van der Waals surface area contributed by atoms with E-state index in [0.29, 0.717) is 30.5 Å². The number of nitrogens with one attached hydrogen (secondary N) is 3. The topological polar surface area (TPSA) is 171 Å². The van der Waals surface area contributed by atoms with E-state index in [0.717, 1.165) is 0 Å². The van der Waals surface area contributed by atoms with Crippen molar-refractivity contribution in [2.45, 2.75) is 51.2 Å². The van der Waals surface area contributed by atoms with Gasteiger partial charge in [-0.3, -0.25) is 14.4 Å². The standard InChI is InChI=1S/C20H28N4O6/c21-19(30)22-11-3-4-15(16(26)23-14-7-5-13(12-25)6-8-14)24-17(27)20(18(28)29)9-1-2-10-20/h5-8,15,25H,1-4,9-12H2,(H,23,26)(H,24,27)(H,28,29)(H3,21,22,30). The number of aliphatic carboxylic acids is 1. The van der Waals surface area contributed by atoms with Gasteiger partial charge in [0, 0.05) is 12.2 Å². The van der Waals surface area contributed by atoms with Gasteiger partial charge in [-0.1, -0.05) is 25.0 Å². The first-order valence-electron chi connectivity index (χ1n) is 9.87. The molecule has 0 radical (unpaired) electrons. The molecule has 2 rings (SSSR count). The lowest BCUT2D eigenvalue weighted by Crippen LogP contribution is -2.52. The van der Waals surface area contributed by atoms with Gasteiger partial charge < -0.3 is 31.9 Å². The highest BCUT2D eigenvalue weighted by molar-refractivity contribution is 6.05. The molecule has 0 aromatic heterocycles. The van der Waals surface area contributed by atoms with Gasteiger partial charge in [-0.05, 0) is 43.4 Å². The molecule has 1 fully saturated rings. The first-order chi connectivity index (χ1) is 14.3. The van der Waals surface area contributed by atoms with Gasteiger partial charge >= 0.3 is 12.0 Å². The van der Waals surface area contributed by atoms with Crippen molar-refractivity contribution in [2.24, 2.45) is 11.1 Å². The summed E-state index contributed by atoms with van der Waals surface area (Å²) in [7, 11) is 0. The molecular weight excluding hydrogens is 392 g/mol. The van der Waals surface area contributed by atoms with E-state index in [2.05, 4.69) is 16.0 Å². The zero-order valence-electron chi connectivity index (χ0n) is 16.6. The largest absolute Gasteiger partial charge is 0.480 e. The average Bonchev–Trinajstić information content (AvgIpc) is 3.22. The van der Waals surface area contributed by atoms with Crippen molar-refractivity contribution >= 4 is 29.5 Å². The SMILES string of the molecule is NC(=O)NCCCC(NC(=O)C1(C(=O)O)CCCC1)C(=O)Nc1ccc(CO)cc1. The number of hydrogen-bond donors (Lipinski definition) is 6. The molecule has 0 saturated heterocycles. The molecule has 10 heteroatoms. The number of nitrogens with two attached hydrogens (primary N) is 1. The van der Waals surface area contributed by atoms with Crippen molar-refractivity contribution in [1.82, 2.24) is 10.6 Å². The molecule has 0 aliphatic heterocycles. The number of aliphatic hydroxyl groups excluding tert-OH is 1. The van der Waals surface area contributed by atoms with E-state index in [9.17, 15) is 24.3 Å². The Morgan fingerprint density at radius 1 is 1.10 bits per heavy atom. The molecule has 0 bridgehead atoms. The van der Waals surface area contributed by atoms with Crippen LogP contribution in [0.4, 0.5) is 10.5 Å². The minimum atomic E-state index is -1.52. The summed E-state index contributed by atoms with van der Waals surface area (Å²) in [5.41, 5.74) is 4.66. The van der Waals surface area contributed by atoms with Crippen LogP contribution in [0.5, 0.6) is 0 Å². The number of hydrogen-bond acceptors (Lipinski definition) is 5. The number of urea groups is 1. The second kappa shape index (κ2) is 10.6. The first kappa shape index (κ1) is 23.1. The smallest absolute Gasteiger partial charge is 0.319 e. The van der Waals surface area contributed by atoms with Gasteiger partial charge in [0.15, 0.2) is 0 Å². The van der Waals surface area contributed by atoms with Gasteiger partial charge in [0.2, 0.25) is 11.8 Å². The molecule has 1 aromatic carbocycles. The maximum absolute atomic E-state index is 12.8. The van der Waals surface area contributed by atoms with Crippen LogP contribution in [0, 0.1) is 5.41 Å². The summed E-state index contributed by atoms with van der Waals surface area (Å²) in [4.78, 5) is 48.2. The van der Waals surface area contributed by atoms with Crippen LogP contribution in [0.25, 0.3) is 0 Å². The Labute approximate surface area is 174 Å². The number of benzene rings is 1. The number of rotatable bonds is 10. The number of anilines is 1. The number of amides is 4. The molecule has 164 valence electrons. The van der Waals surface area contributed by atoms with E-state index in [1.807, 2.05) is 0 Å². The second-order valence-electron chi connectivity index (χ2n) is 7.40. The maximum Gasteiger partial charge on any atom is 0.319 e. The van der Waals surface area contributed by atoms with E-state index in [4.69, 9.17) is 10.8 Å². The van der Waals surface area contributed by atoms with E-state index >= 15 is 0 Å². The van der Waals surface area contributed by atoms with Crippen molar-refractivity contribution in [2.75, 3.05) is 11.9 Å². The van der Waals surface area contributed by atoms with E-state index in [-0.39, 0.29) is 32.4 Å². The fraction of sp³-hybridized carbons (Fsp3) is 0.500. The van der Waals surface area contributed by atoms with Crippen LogP contribution in [0.15, 0.2) is 24.3 Å². The molecule has 1 aliphatic rings. The van der Waals surface area contributed by atoms with Gasteiger partial charge in [0.1, 0.15) is 11.5 Å². The molecule has 1 unspecified atom stereocenters. The van der Waals surface area contributed by atoms with E-state index < -0.39 is 35.3 Å². The minimum absolute atomic E-state index is 0.128. The van der Waals surface area contributed by atoms with Gasteiger partial charge in [-0.25, -0.2) is 4.79 Å². The van der Waals surface area contributed by atoms with Crippen molar-refractivity contribution in [3.8, 4) is 0 Å². The molecule has 7 N–H and O–H groups in total. The summed E-state index contributed by atoms with van der Waals surface area (Å²) in [6, 6.07) is 4.86.